The van der Waals surface area contributed by atoms with Crippen LogP contribution in [0, 0.1) is 55.4 Å². The maximum Gasteiger partial charge on any atom is 0.129 e. The van der Waals surface area contributed by atoms with Crippen molar-refractivity contribution in [2.45, 2.75) is 433 Å². The van der Waals surface area contributed by atoms with Crippen LogP contribution < -0.4 is 0 Å². The van der Waals surface area contributed by atoms with Crippen LogP contribution in [0.3, 0.4) is 0 Å². The number of hydrogen-bond donors (Lipinski definition) is 0. The van der Waals surface area contributed by atoms with Crippen LogP contribution in [0.5, 0.6) is 0 Å². The molecule has 0 unspecified atom stereocenters. The van der Waals surface area contributed by atoms with Crippen molar-refractivity contribution < 1.29 is 0 Å². The number of benzene rings is 5. The van der Waals surface area contributed by atoms with Crippen molar-refractivity contribution in [3.63, 3.8) is 0 Å². The quantitative estimate of drug-likeness (QED) is 0.0679. The first-order valence-corrected chi connectivity index (χ1v) is 42.3. The second-order valence-corrected chi connectivity index (χ2v) is 27.8. The Morgan fingerprint density at radius 1 is 0.198 bits per heavy atom. The Bertz CT molecular complexity index is 3250. The lowest BCUT2D eigenvalue weighted by atomic mass is 9.76. The Balaban J connectivity index is -0.000000298. The van der Waals surface area contributed by atoms with E-state index in [0.717, 1.165) is 134 Å². The lowest BCUT2D eigenvalue weighted by Gasteiger charge is -2.29. The summed E-state index contributed by atoms with van der Waals surface area (Å²) >= 11 is 0. The van der Waals surface area contributed by atoms with E-state index >= 15 is 0 Å². The second-order valence-electron chi connectivity index (χ2n) is 27.8. The van der Waals surface area contributed by atoms with Crippen molar-refractivity contribution in [1.29, 1.82) is 0 Å². The number of pyridine rings is 1. The normalized spacial score (nSPS) is 9.92. The van der Waals surface area contributed by atoms with Crippen LogP contribution in [0.25, 0.3) is 22.4 Å². The van der Waals surface area contributed by atoms with Gasteiger partial charge in [-0.05, 0) is 322 Å². The Hall–Kier alpha value is -5.67. The van der Waals surface area contributed by atoms with Crippen LogP contribution in [0.1, 0.15) is 406 Å². The zero-order chi connectivity index (χ0) is 78.5. The minimum Gasteiger partial charge on any atom is -0.257 e. The van der Waals surface area contributed by atoms with Crippen LogP contribution in [-0.4, -0.2) is 15.0 Å². The third-order valence-corrected chi connectivity index (χ3v) is 20.0. The number of aryl methyl sites for hydroxylation is 13. The van der Waals surface area contributed by atoms with E-state index < -0.39 is 0 Å². The minimum absolute atomic E-state index is 0. The molecule has 2 heterocycles. The van der Waals surface area contributed by atoms with Gasteiger partial charge in [0.1, 0.15) is 5.82 Å². The van der Waals surface area contributed by atoms with E-state index in [1.165, 1.54) is 143 Å². The molecule has 0 aliphatic rings. The molecule has 2 aromatic heterocycles. The molecule has 106 heavy (non-hydrogen) atoms. The van der Waals surface area contributed by atoms with Crippen LogP contribution in [0.15, 0.2) is 42.5 Å². The molecular weight excluding hydrogens is 1280 g/mol. The summed E-state index contributed by atoms with van der Waals surface area (Å²) in [5.41, 5.74) is 45.6. The molecule has 3 heteroatoms. The molecule has 7 rings (SSSR count). The predicted octanol–water partition coefficient (Wildman–Crippen LogP) is 31.9. The highest BCUT2D eigenvalue weighted by atomic mass is 14.9. The van der Waals surface area contributed by atoms with E-state index in [-0.39, 0.29) is 29.7 Å². The van der Waals surface area contributed by atoms with Gasteiger partial charge in [-0.15, -0.1) is 0 Å². The van der Waals surface area contributed by atoms with Gasteiger partial charge in [0.15, 0.2) is 0 Å². The molecule has 0 spiro atoms. The van der Waals surface area contributed by atoms with Gasteiger partial charge in [0.2, 0.25) is 0 Å². The molecule has 0 aliphatic carbocycles. The summed E-state index contributed by atoms with van der Waals surface area (Å²) in [6.45, 7) is 80.1. The molecule has 0 amide bonds. The average Bonchev–Trinajstić information content (AvgIpc) is 0.747. The third kappa shape index (κ3) is 31.7. The topological polar surface area (TPSA) is 38.7 Å². The summed E-state index contributed by atoms with van der Waals surface area (Å²) in [6.07, 6.45) is 26.6. The summed E-state index contributed by atoms with van der Waals surface area (Å²) in [6, 6.07) is 15.8. The lowest BCUT2D eigenvalue weighted by molar-refractivity contribution is 0.852. The summed E-state index contributed by atoms with van der Waals surface area (Å²) in [7, 11) is 0. The highest BCUT2D eigenvalue weighted by Gasteiger charge is 2.28. The van der Waals surface area contributed by atoms with Gasteiger partial charge in [-0.25, -0.2) is 9.97 Å². The minimum atomic E-state index is 0. The molecule has 0 saturated carbocycles. The van der Waals surface area contributed by atoms with Crippen LogP contribution in [0.4, 0.5) is 0 Å². The van der Waals surface area contributed by atoms with Crippen molar-refractivity contribution in [3.8, 4) is 22.4 Å². The van der Waals surface area contributed by atoms with E-state index in [4.69, 9.17) is 15.0 Å². The molecule has 0 bridgehead atoms. The third-order valence-electron chi connectivity index (χ3n) is 20.0. The van der Waals surface area contributed by atoms with Gasteiger partial charge < -0.3 is 0 Å². The molecule has 0 N–H and O–H groups in total. The van der Waals surface area contributed by atoms with Crippen molar-refractivity contribution in [2.75, 3.05) is 0 Å². The maximum atomic E-state index is 5.17. The van der Waals surface area contributed by atoms with Gasteiger partial charge >= 0.3 is 0 Å². The summed E-state index contributed by atoms with van der Waals surface area (Å²) < 4.78 is 0. The van der Waals surface area contributed by atoms with Gasteiger partial charge in [-0.1, -0.05) is 292 Å². The average molecular weight is 1460 g/mol. The lowest BCUT2D eigenvalue weighted by Crippen LogP contribution is -2.14. The van der Waals surface area contributed by atoms with E-state index in [9.17, 15) is 0 Å². The summed E-state index contributed by atoms with van der Waals surface area (Å²) in [4.78, 5) is 15.2. The number of nitrogens with zero attached hydrogens (tertiary/aromatic N) is 3. The number of aromatic nitrogens is 3. The zero-order valence-electron chi connectivity index (χ0n) is 74.4. The highest BCUT2D eigenvalue weighted by Crippen LogP contribution is 2.43. The van der Waals surface area contributed by atoms with Crippen LogP contribution in [0.2, 0.25) is 0 Å². The molecule has 7 aromatic rings. The van der Waals surface area contributed by atoms with Crippen molar-refractivity contribution in [1.82, 2.24) is 15.0 Å². The molecule has 0 radical (unpaired) electrons. The van der Waals surface area contributed by atoms with E-state index in [1.54, 1.807) is 55.6 Å². The summed E-state index contributed by atoms with van der Waals surface area (Å²) in [5.74, 6) is 0.990. The van der Waals surface area contributed by atoms with E-state index in [0.29, 0.717) is 0 Å². The number of rotatable bonds is 22. The van der Waals surface area contributed by atoms with Gasteiger partial charge in [0.05, 0.1) is 5.69 Å². The van der Waals surface area contributed by atoms with Gasteiger partial charge in [0, 0.05) is 29.1 Å². The molecule has 0 saturated heterocycles. The fourth-order valence-electron chi connectivity index (χ4n) is 14.4. The Kier molecular flexibility index (Phi) is 65.2. The maximum absolute atomic E-state index is 5.17. The first-order valence-electron chi connectivity index (χ1n) is 42.3. The van der Waals surface area contributed by atoms with Crippen molar-refractivity contribution in [2.24, 2.45) is 0 Å². The SMILES string of the molecule is C.C.C.C.CCC.CCC.CCC.CCC.CCc1cc(CC)cc(CC)c1.CCc1nc(CC)c(CC)c(-c2c(CC)c(CC)c(CC)c(CC)c2CC)c1CC.CCc1nc(CC)c(CC)c(-c2c(CC)c(CC)c(CC)c(CC)c2CC)n1.Cc1cc(C)c(C)cc1C.Cc1ccc(C)c(C)c1C. The van der Waals surface area contributed by atoms with Gasteiger partial charge in [-0.3, -0.25) is 4.98 Å². The largest absolute Gasteiger partial charge is 0.257 e. The van der Waals surface area contributed by atoms with E-state index in [2.05, 4.69) is 292 Å². The smallest absolute Gasteiger partial charge is 0.129 e. The zero-order valence-corrected chi connectivity index (χ0v) is 74.4. The fourth-order valence-corrected chi connectivity index (χ4v) is 14.4. The summed E-state index contributed by atoms with van der Waals surface area (Å²) in [5, 5.41) is 0. The van der Waals surface area contributed by atoms with Gasteiger partial charge in [0.25, 0.3) is 0 Å². The first kappa shape index (κ1) is 111. The van der Waals surface area contributed by atoms with Gasteiger partial charge in [-0.2, -0.15) is 0 Å². The Morgan fingerprint density at radius 2 is 0.415 bits per heavy atom. The molecule has 5 aromatic carbocycles. The predicted molar refractivity (Wildman–Crippen MR) is 493 cm³/mol. The van der Waals surface area contributed by atoms with Crippen LogP contribution in [-0.2, 0) is 128 Å². The fraction of sp³-hybridized carbons (Fsp3) is 0.621. The molecule has 606 valence electrons. The second kappa shape index (κ2) is 62.1. The molecular formula is C103H179N3. The Morgan fingerprint density at radius 3 is 0.632 bits per heavy atom. The number of hydrogen-bond acceptors (Lipinski definition) is 3. The van der Waals surface area contributed by atoms with Crippen molar-refractivity contribution >= 4 is 0 Å². The van der Waals surface area contributed by atoms with Crippen molar-refractivity contribution in [3.05, 3.63) is 199 Å². The van der Waals surface area contributed by atoms with Crippen LogP contribution >= 0.6 is 0 Å². The highest BCUT2D eigenvalue weighted by molar-refractivity contribution is 5.82. The molecule has 0 atom stereocenters. The van der Waals surface area contributed by atoms with E-state index in [1.807, 2.05) is 0 Å². The molecule has 0 aliphatic heterocycles. The molecule has 0 fully saturated rings. The Labute approximate surface area is 665 Å². The molecule has 3 nitrogen and oxygen atoms in total. The monoisotopic (exact) mass is 1460 g/mol. The standard InChI is InChI=1S/C29H45N.C26H40N2.C12H18.2C10H14.4C3H8.4CH4/c1-10-19-20(11-2)22(13-4)28(23(14-5)21(19)12-3)29-24(15-6)26(17-8)30-27(18-9)25(29)16-7;1-9-17-18(10-2)20(12-4)25(21(13-5)19(17)11-3)26-22(14-6)23(15-7)27-24(16-8)28-26;1-4-10-7-11(5-2)9-12(6-3)8-10;1-7-5-9(3)10(4)6-8(7)2;1-7-5-6-8(2)10(4)9(7)3;4*1-3-2;;;;/h10-18H2,1-9H3;9-16H2,1-8H3;7-9H,4-6H2,1-3H3;2*5-6H,1-4H3;4*3H2,1-2H3;4*1H4. The first-order chi connectivity index (χ1) is 48.8.